The van der Waals surface area contributed by atoms with Crippen molar-refractivity contribution < 1.29 is 9.63 Å². The SMILES string of the molecule is CCC1SCCSC1c1noc([C@H]2C[C@H](O)CN2)n1. The van der Waals surface area contributed by atoms with Crippen LogP contribution in [0.4, 0.5) is 0 Å². The van der Waals surface area contributed by atoms with Gasteiger partial charge in [-0.15, -0.1) is 11.8 Å². The molecule has 2 saturated heterocycles. The monoisotopic (exact) mass is 301 g/mol. The minimum atomic E-state index is -0.302. The van der Waals surface area contributed by atoms with Crippen molar-refractivity contribution >= 4 is 23.5 Å². The highest BCUT2D eigenvalue weighted by molar-refractivity contribution is 8.06. The summed E-state index contributed by atoms with van der Waals surface area (Å²) in [6.45, 7) is 2.82. The topological polar surface area (TPSA) is 71.2 Å². The first-order chi connectivity index (χ1) is 9.28. The lowest BCUT2D eigenvalue weighted by molar-refractivity contribution is 0.191. The maximum atomic E-state index is 9.54. The number of thioether (sulfide) groups is 2. The van der Waals surface area contributed by atoms with Gasteiger partial charge in [0.25, 0.3) is 0 Å². The quantitative estimate of drug-likeness (QED) is 0.881. The first-order valence-corrected chi connectivity index (χ1v) is 8.85. The van der Waals surface area contributed by atoms with E-state index in [9.17, 15) is 5.11 Å². The Kier molecular flexibility index (Phi) is 4.36. The molecule has 2 fully saturated rings. The molecule has 1 aromatic heterocycles. The van der Waals surface area contributed by atoms with Crippen LogP contribution >= 0.6 is 23.5 Å². The molecule has 0 bridgehead atoms. The van der Waals surface area contributed by atoms with Crippen LogP contribution in [0.2, 0.25) is 0 Å². The molecule has 0 saturated carbocycles. The van der Waals surface area contributed by atoms with Crippen molar-refractivity contribution in [3.05, 3.63) is 11.7 Å². The van der Waals surface area contributed by atoms with Crippen LogP contribution in [-0.2, 0) is 0 Å². The molecule has 7 heteroatoms. The minimum Gasteiger partial charge on any atom is -0.392 e. The third-order valence-electron chi connectivity index (χ3n) is 3.57. The molecule has 2 aliphatic heterocycles. The zero-order chi connectivity index (χ0) is 13.2. The lowest BCUT2D eigenvalue weighted by Crippen LogP contribution is -2.19. The smallest absolute Gasteiger partial charge is 0.243 e. The molecular weight excluding hydrogens is 282 g/mol. The van der Waals surface area contributed by atoms with Gasteiger partial charge in [0.1, 0.15) is 0 Å². The van der Waals surface area contributed by atoms with Crippen molar-refractivity contribution in [1.82, 2.24) is 15.5 Å². The molecule has 3 heterocycles. The van der Waals surface area contributed by atoms with Crippen molar-refractivity contribution in [3.8, 4) is 0 Å². The Labute approximate surface area is 121 Å². The molecular formula is C12H19N3O2S2. The van der Waals surface area contributed by atoms with E-state index in [-0.39, 0.29) is 12.1 Å². The first-order valence-electron chi connectivity index (χ1n) is 6.76. The van der Waals surface area contributed by atoms with Crippen LogP contribution < -0.4 is 5.32 Å². The van der Waals surface area contributed by atoms with E-state index in [1.165, 1.54) is 5.75 Å². The predicted molar refractivity (Wildman–Crippen MR) is 77.4 cm³/mol. The molecule has 106 valence electrons. The van der Waals surface area contributed by atoms with Crippen LogP contribution in [-0.4, -0.2) is 44.7 Å². The highest BCUT2D eigenvalue weighted by Gasteiger charge is 2.33. The summed E-state index contributed by atoms with van der Waals surface area (Å²) in [6, 6.07) is 0.0116. The fourth-order valence-corrected chi connectivity index (χ4v) is 5.53. The van der Waals surface area contributed by atoms with Crippen LogP contribution in [0.5, 0.6) is 0 Å². The highest BCUT2D eigenvalue weighted by atomic mass is 32.2. The molecule has 0 spiro atoms. The van der Waals surface area contributed by atoms with Crippen LogP contribution in [0.3, 0.4) is 0 Å². The van der Waals surface area contributed by atoms with Crippen LogP contribution in [0.1, 0.15) is 42.8 Å². The molecule has 0 amide bonds. The zero-order valence-electron chi connectivity index (χ0n) is 10.9. The number of hydrogen-bond donors (Lipinski definition) is 2. The van der Waals surface area contributed by atoms with Gasteiger partial charge in [0.15, 0.2) is 5.82 Å². The first kappa shape index (κ1) is 13.7. The van der Waals surface area contributed by atoms with Gasteiger partial charge in [0, 0.05) is 23.3 Å². The van der Waals surface area contributed by atoms with E-state index in [2.05, 4.69) is 22.4 Å². The summed E-state index contributed by atoms with van der Waals surface area (Å²) in [5.41, 5.74) is 0. The van der Waals surface area contributed by atoms with Crippen molar-refractivity contribution in [1.29, 1.82) is 0 Å². The van der Waals surface area contributed by atoms with Gasteiger partial charge >= 0.3 is 0 Å². The Hall–Kier alpha value is -0.240. The van der Waals surface area contributed by atoms with E-state index in [1.807, 2.05) is 23.5 Å². The molecule has 2 aliphatic rings. The third-order valence-corrected chi connectivity index (χ3v) is 6.81. The lowest BCUT2D eigenvalue weighted by Gasteiger charge is -2.27. The summed E-state index contributed by atoms with van der Waals surface area (Å²) in [5.74, 6) is 3.80. The molecule has 1 aromatic rings. The highest BCUT2D eigenvalue weighted by Crippen LogP contribution is 2.43. The van der Waals surface area contributed by atoms with E-state index in [1.54, 1.807) is 0 Å². The summed E-state index contributed by atoms with van der Waals surface area (Å²) in [4.78, 5) is 4.56. The normalized spacial score (nSPS) is 35.7. The lowest BCUT2D eigenvalue weighted by atomic mass is 10.2. The average molecular weight is 301 g/mol. The van der Waals surface area contributed by atoms with Crippen LogP contribution in [0.25, 0.3) is 0 Å². The fraction of sp³-hybridized carbons (Fsp3) is 0.833. The number of hydrogen-bond acceptors (Lipinski definition) is 7. The van der Waals surface area contributed by atoms with E-state index >= 15 is 0 Å². The number of aliphatic hydroxyl groups excluding tert-OH is 1. The van der Waals surface area contributed by atoms with Gasteiger partial charge in [0.05, 0.1) is 17.4 Å². The molecule has 4 atom stereocenters. The second-order valence-electron chi connectivity index (χ2n) is 4.95. The van der Waals surface area contributed by atoms with Crippen molar-refractivity contribution in [2.45, 2.75) is 42.4 Å². The number of nitrogens with zero attached hydrogens (tertiary/aromatic N) is 2. The second-order valence-corrected chi connectivity index (χ2v) is 7.55. The minimum absolute atomic E-state index is 0.0116. The van der Waals surface area contributed by atoms with Gasteiger partial charge < -0.3 is 14.9 Å². The Morgan fingerprint density at radius 3 is 3.00 bits per heavy atom. The summed E-state index contributed by atoms with van der Waals surface area (Å²) >= 11 is 3.94. The van der Waals surface area contributed by atoms with Gasteiger partial charge in [-0.05, 0) is 12.8 Å². The maximum Gasteiger partial charge on any atom is 0.243 e. The van der Waals surface area contributed by atoms with E-state index in [4.69, 9.17) is 4.52 Å². The number of β-amino-alcohol motifs (C(OH)–C–C–N with tert-alkyl or cyclic N) is 1. The van der Waals surface area contributed by atoms with Gasteiger partial charge in [-0.1, -0.05) is 12.1 Å². The molecule has 19 heavy (non-hydrogen) atoms. The van der Waals surface area contributed by atoms with Crippen molar-refractivity contribution in [3.63, 3.8) is 0 Å². The molecule has 3 rings (SSSR count). The number of rotatable bonds is 3. The fourth-order valence-electron chi connectivity index (χ4n) is 2.55. The predicted octanol–water partition coefficient (Wildman–Crippen LogP) is 1.76. The van der Waals surface area contributed by atoms with E-state index < -0.39 is 0 Å². The van der Waals surface area contributed by atoms with Crippen molar-refractivity contribution in [2.75, 3.05) is 18.1 Å². The van der Waals surface area contributed by atoms with E-state index in [0.717, 1.165) is 18.0 Å². The third kappa shape index (κ3) is 2.94. The largest absolute Gasteiger partial charge is 0.392 e. The summed E-state index contributed by atoms with van der Waals surface area (Å²) in [6.07, 6.45) is 1.49. The second kappa shape index (κ2) is 6.03. The zero-order valence-corrected chi connectivity index (χ0v) is 12.5. The van der Waals surface area contributed by atoms with Gasteiger partial charge in [-0.3, -0.25) is 0 Å². The Morgan fingerprint density at radius 1 is 1.42 bits per heavy atom. The maximum absolute atomic E-state index is 9.54. The summed E-state index contributed by atoms with van der Waals surface area (Å²) in [5, 5.41) is 17.8. The molecule has 0 aromatic carbocycles. The molecule has 2 unspecified atom stereocenters. The Morgan fingerprint density at radius 2 is 2.26 bits per heavy atom. The van der Waals surface area contributed by atoms with E-state index in [0.29, 0.717) is 29.4 Å². The van der Waals surface area contributed by atoms with Crippen molar-refractivity contribution in [2.24, 2.45) is 0 Å². The molecule has 2 N–H and O–H groups in total. The van der Waals surface area contributed by atoms with Crippen LogP contribution in [0.15, 0.2) is 4.52 Å². The Bertz CT molecular complexity index is 429. The van der Waals surface area contributed by atoms with Gasteiger partial charge in [0.2, 0.25) is 5.89 Å². The summed E-state index contributed by atoms with van der Waals surface area (Å²) in [7, 11) is 0. The van der Waals surface area contributed by atoms with Gasteiger partial charge in [-0.2, -0.15) is 16.7 Å². The molecule has 5 nitrogen and oxygen atoms in total. The number of nitrogens with one attached hydrogen (secondary N) is 1. The standard InChI is InChI=1S/C12H19N3O2S2/c1-2-9-10(19-4-3-18-9)11-14-12(17-15-11)8-5-7(16)6-13-8/h7-10,13,16H,2-6H2,1H3/t7-,8+,9?,10?/m0/s1. The van der Waals surface area contributed by atoms with Crippen LogP contribution in [0, 0.1) is 0 Å². The molecule has 0 radical (unpaired) electrons. The number of aliphatic hydroxyl groups is 1. The summed E-state index contributed by atoms with van der Waals surface area (Å²) < 4.78 is 5.39. The molecule has 0 aliphatic carbocycles. The average Bonchev–Trinajstić information content (AvgIpc) is 3.07. The van der Waals surface area contributed by atoms with Gasteiger partial charge in [-0.25, -0.2) is 0 Å². The number of aromatic nitrogens is 2. The Balaban J connectivity index is 1.73.